The summed E-state index contributed by atoms with van der Waals surface area (Å²) in [5, 5.41) is 8.70. The van der Waals surface area contributed by atoms with Crippen LogP contribution in [0.1, 0.15) is 6.92 Å². The SMILES string of the molecule is CC1C=C(C(N)CO)SC1. The minimum atomic E-state index is -0.144. The van der Waals surface area contributed by atoms with Gasteiger partial charge >= 0.3 is 0 Å². The van der Waals surface area contributed by atoms with Gasteiger partial charge in [-0.1, -0.05) is 13.0 Å². The van der Waals surface area contributed by atoms with Gasteiger partial charge in [0, 0.05) is 10.7 Å². The third-order valence-electron chi connectivity index (χ3n) is 1.52. The second-order valence-electron chi connectivity index (χ2n) is 2.65. The lowest BCUT2D eigenvalue weighted by molar-refractivity contribution is 0.282. The molecule has 2 unspecified atom stereocenters. The van der Waals surface area contributed by atoms with Crippen LogP contribution in [-0.2, 0) is 0 Å². The summed E-state index contributed by atoms with van der Waals surface area (Å²) in [4.78, 5) is 1.15. The van der Waals surface area contributed by atoms with Gasteiger partial charge in [-0.25, -0.2) is 0 Å². The van der Waals surface area contributed by atoms with Crippen molar-refractivity contribution in [3.05, 3.63) is 11.0 Å². The van der Waals surface area contributed by atoms with Gasteiger partial charge in [-0.05, 0) is 5.92 Å². The fourth-order valence-corrected chi connectivity index (χ4v) is 2.09. The van der Waals surface area contributed by atoms with Crippen molar-refractivity contribution in [1.82, 2.24) is 0 Å². The van der Waals surface area contributed by atoms with E-state index in [-0.39, 0.29) is 12.6 Å². The molecule has 58 valence electrons. The van der Waals surface area contributed by atoms with Crippen molar-refractivity contribution in [2.24, 2.45) is 11.7 Å². The molecule has 0 aliphatic carbocycles. The van der Waals surface area contributed by atoms with E-state index >= 15 is 0 Å². The third kappa shape index (κ3) is 1.75. The lowest BCUT2D eigenvalue weighted by Gasteiger charge is -2.06. The van der Waals surface area contributed by atoms with E-state index in [0.29, 0.717) is 5.92 Å². The zero-order chi connectivity index (χ0) is 7.56. The maximum absolute atomic E-state index is 8.70. The number of aliphatic hydroxyl groups is 1. The highest BCUT2D eigenvalue weighted by Gasteiger charge is 2.16. The van der Waals surface area contributed by atoms with Crippen LogP contribution < -0.4 is 5.73 Å². The molecule has 0 amide bonds. The van der Waals surface area contributed by atoms with Crippen LogP contribution in [0.25, 0.3) is 0 Å². The topological polar surface area (TPSA) is 46.2 Å². The van der Waals surface area contributed by atoms with E-state index in [1.807, 2.05) is 0 Å². The van der Waals surface area contributed by atoms with Crippen LogP contribution in [0.2, 0.25) is 0 Å². The largest absolute Gasteiger partial charge is 0.394 e. The zero-order valence-corrected chi connectivity index (χ0v) is 6.90. The van der Waals surface area contributed by atoms with Crippen LogP contribution in [0.5, 0.6) is 0 Å². The average molecular weight is 159 g/mol. The zero-order valence-electron chi connectivity index (χ0n) is 6.08. The van der Waals surface area contributed by atoms with Crippen molar-refractivity contribution in [3.8, 4) is 0 Å². The monoisotopic (exact) mass is 159 g/mol. The van der Waals surface area contributed by atoms with Crippen molar-refractivity contribution < 1.29 is 5.11 Å². The van der Waals surface area contributed by atoms with Gasteiger partial charge < -0.3 is 10.8 Å². The van der Waals surface area contributed by atoms with Gasteiger partial charge in [0.2, 0.25) is 0 Å². The molecule has 2 nitrogen and oxygen atoms in total. The molecule has 0 saturated carbocycles. The fourth-order valence-electron chi connectivity index (χ4n) is 0.925. The van der Waals surface area contributed by atoms with Gasteiger partial charge in [-0.2, -0.15) is 0 Å². The summed E-state index contributed by atoms with van der Waals surface area (Å²) < 4.78 is 0. The average Bonchev–Trinajstić information content (AvgIpc) is 2.34. The first-order chi connectivity index (χ1) is 4.74. The van der Waals surface area contributed by atoms with E-state index < -0.39 is 0 Å². The molecular formula is C7H13NOS. The first-order valence-electron chi connectivity index (χ1n) is 3.45. The molecule has 1 aliphatic rings. The predicted molar refractivity (Wildman–Crippen MR) is 44.8 cm³/mol. The molecule has 0 saturated heterocycles. The van der Waals surface area contributed by atoms with Crippen LogP contribution in [0, 0.1) is 5.92 Å². The lowest BCUT2D eigenvalue weighted by Crippen LogP contribution is -2.24. The van der Waals surface area contributed by atoms with E-state index in [2.05, 4.69) is 13.0 Å². The quantitative estimate of drug-likeness (QED) is 0.619. The Morgan fingerprint density at radius 2 is 2.70 bits per heavy atom. The van der Waals surface area contributed by atoms with Crippen molar-refractivity contribution in [1.29, 1.82) is 0 Å². The van der Waals surface area contributed by atoms with Crippen molar-refractivity contribution in [2.75, 3.05) is 12.4 Å². The standard InChI is InChI=1S/C7H13NOS/c1-5-2-7(10-4-5)6(8)3-9/h2,5-6,9H,3-4,8H2,1H3. The van der Waals surface area contributed by atoms with Crippen molar-refractivity contribution in [3.63, 3.8) is 0 Å². The van der Waals surface area contributed by atoms with Crippen LogP contribution >= 0.6 is 11.8 Å². The Morgan fingerprint density at radius 1 is 2.00 bits per heavy atom. The van der Waals surface area contributed by atoms with E-state index in [1.165, 1.54) is 0 Å². The number of aliphatic hydroxyl groups excluding tert-OH is 1. The molecule has 0 spiro atoms. The molecule has 1 heterocycles. The summed E-state index contributed by atoms with van der Waals surface area (Å²) in [5.41, 5.74) is 5.60. The molecule has 3 N–H and O–H groups in total. The highest BCUT2D eigenvalue weighted by Crippen LogP contribution is 2.30. The highest BCUT2D eigenvalue weighted by atomic mass is 32.2. The summed E-state index contributed by atoms with van der Waals surface area (Å²) in [6, 6.07) is -0.144. The summed E-state index contributed by atoms with van der Waals surface area (Å²) in [5.74, 6) is 1.74. The molecule has 0 aromatic carbocycles. The Kier molecular flexibility index (Phi) is 2.77. The van der Waals surface area contributed by atoms with Crippen LogP contribution in [0.4, 0.5) is 0 Å². The van der Waals surface area contributed by atoms with Gasteiger partial charge in [0.15, 0.2) is 0 Å². The molecule has 0 aromatic heterocycles. The Bertz CT molecular complexity index is 147. The van der Waals surface area contributed by atoms with Gasteiger partial charge in [-0.3, -0.25) is 0 Å². The first-order valence-corrected chi connectivity index (χ1v) is 4.43. The second-order valence-corrected chi connectivity index (χ2v) is 3.74. The smallest absolute Gasteiger partial charge is 0.0629 e. The van der Waals surface area contributed by atoms with Gasteiger partial charge in [0.05, 0.1) is 12.6 Å². The maximum Gasteiger partial charge on any atom is 0.0629 e. The number of allylic oxidation sites excluding steroid dienone is 1. The summed E-state index contributed by atoms with van der Waals surface area (Å²) in [7, 11) is 0. The molecule has 3 heteroatoms. The molecule has 10 heavy (non-hydrogen) atoms. The number of rotatable bonds is 2. The van der Waals surface area contributed by atoms with E-state index in [9.17, 15) is 0 Å². The number of hydrogen-bond donors (Lipinski definition) is 2. The van der Waals surface area contributed by atoms with Crippen LogP contribution in [0.15, 0.2) is 11.0 Å². The first kappa shape index (κ1) is 8.11. The van der Waals surface area contributed by atoms with Crippen molar-refractivity contribution >= 4 is 11.8 Å². The molecule has 0 aromatic rings. The normalized spacial score (nSPS) is 28.3. The highest BCUT2D eigenvalue weighted by molar-refractivity contribution is 8.03. The molecule has 1 aliphatic heterocycles. The number of hydrogen-bond acceptors (Lipinski definition) is 3. The molecule has 0 radical (unpaired) electrons. The maximum atomic E-state index is 8.70. The number of nitrogens with two attached hydrogens (primary N) is 1. The minimum absolute atomic E-state index is 0.0611. The van der Waals surface area contributed by atoms with E-state index in [0.717, 1.165) is 10.7 Å². The summed E-state index contributed by atoms with van der Waals surface area (Å²) in [6.07, 6.45) is 2.14. The van der Waals surface area contributed by atoms with Gasteiger partial charge in [-0.15, -0.1) is 11.8 Å². The Labute approximate surface area is 65.5 Å². The Morgan fingerprint density at radius 3 is 3.10 bits per heavy atom. The minimum Gasteiger partial charge on any atom is -0.394 e. The van der Waals surface area contributed by atoms with E-state index in [1.54, 1.807) is 11.8 Å². The molecular weight excluding hydrogens is 146 g/mol. The van der Waals surface area contributed by atoms with Gasteiger partial charge in [0.1, 0.15) is 0 Å². The van der Waals surface area contributed by atoms with Gasteiger partial charge in [0.25, 0.3) is 0 Å². The van der Waals surface area contributed by atoms with E-state index in [4.69, 9.17) is 10.8 Å². The molecule has 0 bridgehead atoms. The van der Waals surface area contributed by atoms with Crippen molar-refractivity contribution in [2.45, 2.75) is 13.0 Å². The van der Waals surface area contributed by atoms with Crippen LogP contribution in [0.3, 0.4) is 0 Å². The lowest BCUT2D eigenvalue weighted by atomic mass is 10.2. The molecule has 2 atom stereocenters. The summed E-state index contributed by atoms with van der Waals surface area (Å²) in [6.45, 7) is 2.22. The van der Waals surface area contributed by atoms with Crippen LogP contribution in [-0.4, -0.2) is 23.5 Å². The third-order valence-corrected chi connectivity index (χ3v) is 2.99. The molecule has 0 fully saturated rings. The molecule has 1 rings (SSSR count). The Hall–Kier alpha value is 0.0100. The Balaban J connectivity index is 2.48. The number of thioether (sulfide) groups is 1. The fraction of sp³-hybridized carbons (Fsp3) is 0.714. The predicted octanol–water partition coefficient (Wildman–Crippen LogP) is 0.573. The second kappa shape index (κ2) is 3.42. The summed E-state index contributed by atoms with van der Waals surface area (Å²) >= 11 is 1.76.